The highest BCUT2D eigenvalue weighted by molar-refractivity contribution is 7.80. The van der Waals surface area contributed by atoms with Crippen molar-refractivity contribution in [2.75, 3.05) is 5.32 Å². The fraction of sp³-hybridized carbons (Fsp3) is 0.0667. The summed E-state index contributed by atoms with van der Waals surface area (Å²) in [6, 6.07) is 10.00. The summed E-state index contributed by atoms with van der Waals surface area (Å²) in [5, 5.41) is 15.1. The summed E-state index contributed by atoms with van der Waals surface area (Å²) in [5.41, 5.74) is 2.02. The number of hydrogen-bond donors (Lipinski definition) is 3. The highest BCUT2D eigenvalue weighted by Gasteiger charge is 2.10. The molecule has 7 heteroatoms. The maximum absolute atomic E-state index is 12.0. The molecule has 0 unspecified atom stereocenters. The average molecular weight is 355 g/mol. The molecule has 2 aromatic carbocycles. The minimum absolute atomic E-state index is 0.0858. The molecule has 0 saturated heterocycles. The Balaban J connectivity index is 2.04. The molecule has 1 amide bonds. The Hall–Kier alpha value is -1.82. The molecule has 0 aliphatic heterocycles. The highest BCUT2D eigenvalue weighted by atomic mass is 35.5. The number of carbonyl (C=O) groups is 1. The molecule has 0 atom stereocenters. The summed E-state index contributed by atoms with van der Waals surface area (Å²) in [5.74, 6) is -0.531. The molecule has 0 aromatic heterocycles. The second kappa shape index (κ2) is 6.96. The Kier molecular flexibility index (Phi) is 5.24. The molecule has 2 rings (SSSR count). The number of amides is 1. The zero-order valence-electron chi connectivity index (χ0n) is 11.5. The third kappa shape index (κ3) is 4.10. The van der Waals surface area contributed by atoms with E-state index in [1.54, 1.807) is 12.1 Å². The van der Waals surface area contributed by atoms with Crippen LogP contribution in [0, 0.1) is 6.92 Å². The molecule has 0 fully saturated rings. The Labute approximate surface area is 143 Å². The molecule has 0 radical (unpaired) electrons. The highest BCUT2D eigenvalue weighted by Crippen LogP contribution is 2.34. The first-order valence-corrected chi connectivity index (χ1v) is 7.40. The van der Waals surface area contributed by atoms with E-state index in [-0.39, 0.29) is 26.8 Å². The zero-order valence-corrected chi connectivity index (χ0v) is 13.8. The van der Waals surface area contributed by atoms with Gasteiger partial charge in [0.05, 0.1) is 10.0 Å². The van der Waals surface area contributed by atoms with E-state index >= 15 is 0 Å². The number of aryl methyl sites for hydroxylation is 1. The first-order valence-electron chi connectivity index (χ1n) is 6.24. The zero-order chi connectivity index (χ0) is 16.3. The van der Waals surface area contributed by atoms with Gasteiger partial charge >= 0.3 is 0 Å². The molecule has 4 nitrogen and oxygen atoms in total. The largest absolute Gasteiger partial charge is 0.505 e. The summed E-state index contributed by atoms with van der Waals surface area (Å²) in [4.78, 5) is 12.0. The fourth-order valence-corrected chi connectivity index (χ4v) is 2.38. The van der Waals surface area contributed by atoms with Gasteiger partial charge in [0.2, 0.25) is 0 Å². The number of anilines is 1. The number of carbonyl (C=O) groups excluding carboxylic acids is 1. The van der Waals surface area contributed by atoms with Crippen molar-refractivity contribution < 1.29 is 9.90 Å². The summed E-state index contributed by atoms with van der Waals surface area (Å²) in [6.45, 7) is 1.94. The molecule has 0 bridgehead atoms. The third-order valence-corrected chi connectivity index (χ3v) is 3.60. The molecule has 0 aliphatic carbocycles. The lowest BCUT2D eigenvalue weighted by atomic mass is 10.1. The van der Waals surface area contributed by atoms with E-state index < -0.39 is 0 Å². The Morgan fingerprint density at radius 2 is 1.68 bits per heavy atom. The smallest absolute Gasteiger partial charge is 0.257 e. The molecule has 2 aromatic rings. The number of aromatic hydroxyl groups is 1. The van der Waals surface area contributed by atoms with Gasteiger partial charge in [-0.25, -0.2) is 0 Å². The molecular formula is C15H12Cl2N2O2S. The Morgan fingerprint density at radius 1 is 1.14 bits per heavy atom. The summed E-state index contributed by atoms with van der Waals surface area (Å²) in [6.07, 6.45) is 0. The van der Waals surface area contributed by atoms with Gasteiger partial charge in [0.1, 0.15) is 0 Å². The standard InChI is InChI=1S/C15H12Cl2N2O2S/c1-8-2-4-9(5-3-8)14(21)19-15(22)18-10-6-11(16)13(20)12(17)7-10/h2-7,20H,1H3,(H2,18,19,21,22). The van der Waals surface area contributed by atoms with Crippen molar-refractivity contribution in [3.05, 3.63) is 57.6 Å². The van der Waals surface area contributed by atoms with Crippen LogP contribution in [0.3, 0.4) is 0 Å². The van der Waals surface area contributed by atoms with Gasteiger partial charge in [-0.1, -0.05) is 40.9 Å². The van der Waals surface area contributed by atoms with Gasteiger partial charge in [0.25, 0.3) is 5.91 Å². The summed E-state index contributed by atoms with van der Waals surface area (Å²) < 4.78 is 0. The number of thiocarbonyl (C=S) groups is 1. The SMILES string of the molecule is Cc1ccc(C(=O)NC(=S)Nc2cc(Cl)c(O)c(Cl)c2)cc1. The van der Waals surface area contributed by atoms with Crippen LogP contribution < -0.4 is 10.6 Å². The van der Waals surface area contributed by atoms with Crippen LogP contribution in [0.5, 0.6) is 5.75 Å². The number of phenolic OH excluding ortho intramolecular Hbond substituents is 1. The molecule has 0 saturated carbocycles. The van der Waals surface area contributed by atoms with Crippen molar-refractivity contribution in [3.8, 4) is 5.75 Å². The van der Waals surface area contributed by atoms with Crippen LogP contribution in [0.4, 0.5) is 5.69 Å². The van der Waals surface area contributed by atoms with Gasteiger partial charge < -0.3 is 10.4 Å². The van der Waals surface area contributed by atoms with Gasteiger partial charge in [-0.3, -0.25) is 10.1 Å². The fourth-order valence-electron chi connectivity index (χ4n) is 1.68. The average Bonchev–Trinajstić information content (AvgIpc) is 2.45. The van der Waals surface area contributed by atoms with E-state index in [1.165, 1.54) is 12.1 Å². The molecule has 0 spiro atoms. The van der Waals surface area contributed by atoms with Crippen LogP contribution in [0.2, 0.25) is 10.0 Å². The van der Waals surface area contributed by atoms with Gasteiger partial charge in [0, 0.05) is 11.3 Å². The van der Waals surface area contributed by atoms with Crippen molar-refractivity contribution in [1.82, 2.24) is 5.32 Å². The maximum atomic E-state index is 12.0. The van der Waals surface area contributed by atoms with Gasteiger partial charge in [-0.2, -0.15) is 0 Å². The minimum Gasteiger partial charge on any atom is -0.505 e. The Morgan fingerprint density at radius 3 is 2.23 bits per heavy atom. The molecular weight excluding hydrogens is 343 g/mol. The minimum atomic E-state index is -0.325. The van der Waals surface area contributed by atoms with Crippen molar-refractivity contribution in [2.24, 2.45) is 0 Å². The normalized spacial score (nSPS) is 10.1. The van der Waals surface area contributed by atoms with E-state index in [0.29, 0.717) is 11.3 Å². The van der Waals surface area contributed by atoms with Crippen molar-refractivity contribution >= 4 is 52.1 Å². The van der Waals surface area contributed by atoms with Crippen LogP contribution >= 0.6 is 35.4 Å². The first-order chi connectivity index (χ1) is 10.4. The lowest BCUT2D eigenvalue weighted by molar-refractivity contribution is 0.0977. The second-order valence-electron chi connectivity index (χ2n) is 4.56. The number of nitrogens with one attached hydrogen (secondary N) is 2. The van der Waals surface area contributed by atoms with Gasteiger partial charge in [0.15, 0.2) is 10.9 Å². The van der Waals surface area contributed by atoms with Crippen LogP contribution in [0.15, 0.2) is 36.4 Å². The number of hydrogen-bond acceptors (Lipinski definition) is 3. The molecule has 114 valence electrons. The van der Waals surface area contributed by atoms with Crippen molar-refractivity contribution in [1.29, 1.82) is 0 Å². The van der Waals surface area contributed by atoms with Crippen molar-refractivity contribution in [2.45, 2.75) is 6.92 Å². The number of phenols is 1. The number of halogens is 2. The van der Waals surface area contributed by atoms with E-state index in [9.17, 15) is 9.90 Å². The topological polar surface area (TPSA) is 61.4 Å². The lowest BCUT2D eigenvalue weighted by Gasteiger charge is -2.11. The predicted molar refractivity (Wildman–Crippen MR) is 93.0 cm³/mol. The third-order valence-electron chi connectivity index (χ3n) is 2.82. The molecule has 0 heterocycles. The monoisotopic (exact) mass is 354 g/mol. The van der Waals surface area contributed by atoms with Gasteiger partial charge in [-0.05, 0) is 43.4 Å². The van der Waals surface area contributed by atoms with E-state index in [2.05, 4.69) is 10.6 Å². The van der Waals surface area contributed by atoms with E-state index in [1.807, 2.05) is 19.1 Å². The number of benzene rings is 2. The van der Waals surface area contributed by atoms with Crippen molar-refractivity contribution in [3.63, 3.8) is 0 Å². The van der Waals surface area contributed by atoms with Crippen LogP contribution in [0.1, 0.15) is 15.9 Å². The van der Waals surface area contributed by atoms with E-state index in [4.69, 9.17) is 35.4 Å². The number of rotatable bonds is 2. The van der Waals surface area contributed by atoms with Crippen LogP contribution in [-0.4, -0.2) is 16.1 Å². The van der Waals surface area contributed by atoms with Crippen LogP contribution in [-0.2, 0) is 0 Å². The molecule has 0 aliphatic rings. The molecule has 3 N–H and O–H groups in total. The molecule has 22 heavy (non-hydrogen) atoms. The quantitative estimate of drug-likeness (QED) is 0.560. The predicted octanol–water partition coefficient (Wildman–Crippen LogP) is 4.13. The summed E-state index contributed by atoms with van der Waals surface area (Å²) in [7, 11) is 0. The van der Waals surface area contributed by atoms with Gasteiger partial charge in [-0.15, -0.1) is 0 Å². The van der Waals surface area contributed by atoms with Crippen LogP contribution in [0.25, 0.3) is 0 Å². The summed E-state index contributed by atoms with van der Waals surface area (Å²) >= 11 is 16.7. The Bertz CT molecular complexity index is 710. The second-order valence-corrected chi connectivity index (χ2v) is 5.79. The maximum Gasteiger partial charge on any atom is 0.257 e. The lowest BCUT2D eigenvalue weighted by Crippen LogP contribution is -2.34. The first kappa shape index (κ1) is 16.5. The van der Waals surface area contributed by atoms with E-state index in [0.717, 1.165) is 5.56 Å².